The van der Waals surface area contributed by atoms with Crippen LogP contribution in [-0.4, -0.2) is 14.8 Å². The van der Waals surface area contributed by atoms with Gasteiger partial charge < -0.3 is 4.57 Å². The van der Waals surface area contributed by atoms with E-state index in [1.165, 1.54) is 16.0 Å². The first-order chi connectivity index (χ1) is 11.2. The Morgan fingerprint density at radius 3 is 2.78 bits per heavy atom. The van der Waals surface area contributed by atoms with Crippen LogP contribution in [0.15, 0.2) is 45.3 Å². The molecule has 0 saturated heterocycles. The van der Waals surface area contributed by atoms with E-state index in [9.17, 15) is 0 Å². The molecule has 23 heavy (non-hydrogen) atoms. The second-order valence-corrected chi connectivity index (χ2v) is 7.98. The monoisotopic (exact) mass is 407 g/mol. The highest BCUT2D eigenvalue weighted by molar-refractivity contribution is 9.10. The predicted molar refractivity (Wildman–Crippen MR) is 102 cm³/mol. The van der Waals surface area contributed by atoms with Crippen molar-refractivity contribution in [1.82, 2.24) is 14.8 Å². The first-order valence-electron chi connectivity index (χ1n) is 7.59. The number of thioether (sulfide) groups is 1. The normalized spacial score (nSPS) is 11.1. The third kappa shape index (κ3) is 3.87. The van der Waals surface area contributed by atoms with Crippen LogP contribution < -0.4 is 0 Å². The highest BCUT2D eigenvalue weighted by Crippen LogP contribution is 2.29. The highest BCUT2D eigenvalue weighted by atomic mass is 79.9. The molecule has 0 fully saturated rings. The van der Waals surface area contributed by atoms with Gasteiger partial charge in [-0.25, -0.2) is 0 Å². The molecule has 0 bridgehead atoms. The van der Waals surface area contributed by atoms with E-state index in [2.05, 4.69) is 74.2 Å². The molecule has 0 aliphatic heterocycles. The summed E-state index contributed by atoms with van der Waals surface area (Å²) in [7, 11) is 0. The fraction of sp³-hybridized carbons (Fsp3) is 0.294. The van der Waals surface area contributed by atoms with Gasteiger partial charge in [0, 0.05) is 32.6 Å². The third-order valence-corrected chi connectivity index (χ3v) is 6.16. The molecule has 0 aliphatic rings. The quantitative estimate of drug-likeness (QED) is 0.495. The van der Waals surface area contributed by atoms with Crippen molar-refractivity contribution in [3.05, 3.63) is 50.6 Å². The molecule has 0 atom stereocenters. The fourth-order valence-corrected chi connectivity index (χ4v) is 4.56. The Balaban J connectivity index is 1.80. The lowest BCUT2D eigenvalue weighted by Crippen LogP contribution is -1.99. The van der Waals surface area contributed by atoms with Crippen molar-refractivity contribution in [2.45, 2.75) is 37.7 Å². The van der Waals surface area contributed by atoms with Crippen molar-refractivity contribution in [3.8, 4) is 11.4 Å². The number of rotatable bonds is 6. The van der Waals surface area contributed by atoms with Crippen LogP contribution in [-0.2, 0) is 18.7 Å². The summed E-state index contributed by atoms with van der Waals surface area (Å²) in [4.78, 5) is 1.38. The smallest absolute Gasteiger partial charge is 0.191 e. The van der Waals surface area contributed by atoms with Gasteiger partial charge >= 0.3 is 0 Å². The minimum atomic E-state index is 0.875. The number of aryl methyl sites for hydroxylation is 1. The number of thiophene rings is 1. The molecule has 6 heteroatoms. The van der Waals surface area contributed by atoms with Crippen molar-refractivity contribution in [3.63, 3.8) is 0 Å². The van der Waals surface area contributed by atoms with Gasteiger partial charge in [0.1, 0.15) is 0 Å². The Kier molecular flexibility index (Phi) is 5.56. The van der Waals surface area contributed by atoms with Gasteiger partial charge in [-0.15, -0.1) is 21.5 Å². The third-order valence-electron chi connectivity index (χ3n) is 3.55. The van der Waals surface area contributed by atoms with Crippen LogP contribution in [0.5, 0.6) is 0 Å². The standard InChI is InChI=1S/C17H18BrN3S2/c1-3-15-9-13(11-22-15)16-19-20-17(21(16)4-2)23-10-12-6-5-7-14(18)8-12/h5-9,11H,3-4,10H2,1-2H3. The van der Waals surface area contributed by atoms with Crippen LogP contribution >= 0.6 is 39.0 Å². The lowest BCUT2D eigenvalue weighted by Gasteiger charge is -2.06. The number of benzene rings is 1. The van der Waals surface area contributed by atoms with Gasteiger partial charge in [-0.2, -0.15) is 0 Å². The number of hydrogen-bond acceptors (Lipinski definition) is 4. The molecule has 0 amide bonds. The zero-order valence-corrected chi connectivity index (χ0v) is 16.3. The fourth-order valence-electron chi connectivity index (χ4n) is 2.35. The molecule has 0 radical (unpaired) electrons. The summed E-state index contributed by atoms with van der Waals surface area (Å²) in [5, 5.41) is 12.0. The first kappa shape index (κ1) is 16.7. The zero-order chi connectivity index (χ0) is 16.2. The van der Waals surface area contributed by atoms with Gasteiger partial charge in [0.15, 0.2) is 11.0 Å². The SMILES string of the molecule is CCc1cc(-c2nnc(SCc3cccc(Br)c3)n2CC)cs1. The molecule has 3 nitrogen and oxygen atoms in total. The van der Waals surface area contributed by atoms with Crippen molar-refractivity contribution in [2.75, 3.05) is 0 Å². The maximum absolute atomic E-state index is 4.42. The summed E-state index contributed by atoms with van der Waals surface area (Å²) in [6.45, 7) is 5.20. The van der Waals surface area contributed by atoms with E-state index < -0.39 is 0 Å². The summed E-state index contributed by atoms with van der Waals surface area (Å²) in [6, 6.07) is 10.6. The molecular formula is C17H18BrN3S2. The second-order valence-electron chi connectivity index (χ2n) is 5.12. The van der Waals surface area contributed by atoms with Crippen molar-refractivity contribution in [2.24, 2.45) is 0 Å². The molecule has 120 valence electrons. The van der Waals surface area contributed by atoms with Gasteiger partial charge in [0.25, 0.3) is 0 Å². The molecule has 1 aromatic carbocycles. The number of hydrogen-bond donors (Lipinski definition) is 0. The van der Waals surface area contributed by atoms with E-state index in [4.69, 9.17) is 0 Å². The van der Waals surface area contributed by atoms with Gasteiger partial charge in [0.05, 0.1) is 0 Å². The first-order valence-corrected chi connectivity index (χ1v) is 10.2. The minimum Gasteiger partial charge on any atom is -0.302 e. The second kappa shape index (κ2) is 7.64. The average molecular weight is 408 g/mol. The zero-order valence-electron chi connectivity index (χ0n) is 13.1. The summed E-state index contributed by atoms with van der Waals surface area (Å²) >= 11 is 7.04. The van der Waals surface area contributed by atoms with E-state index in [0.717, 1.165) is 34.2 Å². The Morgan fingerprint density at radius 2 is 2.09 bits per heavy atom. The number of aromatic nitrogens is 3. The van der Waals surface area contributed by atoms with E-state index in [0.29, 0.717) is 0 Å². The Hall–Kier alpha value is -1.11. The van der Waals surface area contributed by atoms with Gasteiger partial charge in [-0.3, -0.25) is 0 Å². The van der Waals surface area contributed by atoms with E-state index >= 15 is 0 Å². The number of nitrogens with zero attached hydrogens (tertiary/aromatic N) is 3. The largest absolute Gasteiger partial charge is 0.302 e. The van der Waals surface area contributed by atoms with Gasteiger partial charge in [-0.1, -0.05) is 46.7 Å². The molecule has 0 N–H and O–H groups in total. The van der Waals surface area contributed by atoms with Crippen LogP contribution in [0.1, 0.15) is 24.3 Å². The number of halogens is 1. The Labute approximate surface area is 153 Å². The Bertz CT molecular complexity index is 795. The predicted octanol–water partition coefficient (Wildman–Crippen LogP) is 5.64. The summed E-state index contributed by atoms with van der Waals surface area (Å²) in [6.07, 6.45) is 1.06. The van der Waals surface area contributed by atoms with Crippen LogP contribution in [0.4, 0.5) is 0 Å². The molecule has 2 aromatic heterocycles. The Morgan fingerprint density at radius 1 is 1.22 bits per heavy atom. The summed E-state index contributed by atoms with van der Waals surface area (Å²) in [5.74, 6) is 1.86. The molecule has 3 rings (SSSR count). The van der Waals surface area contributed by atoms with Crippen molar-refractivity contribution < 1.29 is 0 Å². The molecule has 0 spiro atoms. The molecule has 0 unspecified atom stereocenters. The van der Waals surface area contributed by atoms with Crippen LogP contribution in [0.25, 0.3) is 11.4 Å². The minimum absolute atomic E-state index is 0.875. The lowest BCUT2D eigenvalue weighted by molar-refractivity contribution is 0.687. The van der Waals surface area contributed by atoms with E-state index in [1.54, 1.807) is 23.1 Å². The molecular weight excluding hydrogens is 390 g/mol. The van der Waals surface area contributed by atoms with Gasteiger partial charge in [0.2, 0.25) is 0 Å². The van der Waals surface area contributed by atoms with Crippen molar-refractivity contribution >= 4 is 39.0 Å². The summed E-state index contributed by atoms with van der Waals surface area (Å²) < 4.78 is 3.31. The van der Waals surface area contributed by atoms with E-state index in [-0.39, 0.29) is 0 Å². The topological polar surface area (TPSA) is 30.7 Å². The molecule has 2 heterocycles. The molecule has 0 saturated carbocycles. The highest BCUT2D eigenvalue weighted by Gasteiger charge is 2.14. The van der Waals surface area contributed by atoms with Crippen LogP contribution in [0.2, 0.25) is 0 Å². The van der Waals surface area contributed by atoms with Crippen LogP contribution in [0.3, 0.4) is 0 Å². The average Bonchev–Trinajstić information content (AvgIpc) is 3.18. The lowest BCUT2D eigenvalue weighted by atomic mass is 10.2. The van der Waals surface area contributed by atoms with Crippen LogP contribution in [0, 0.1) is 0 Å². The summed E-state index contributed by atoms with van der Waals surface area (Å²) in [5.41, 5.74) is 2.45. The maximum atomic E-state index is 4.42. The molecule has 0 aliphatic carbocycles. The van der Waals surface area contributed by atoms with E-state index in [1.807, 2.05) is 6.07 Å². The van der Waals surface area contributed by atoms with Crippen molar-refractivity contribution in [1.29, 1.82) is 0 Å². The van der Waals surface area contributed by atoms with Gasteiger partial charge in [-0.05, 0) is 37.1 Å². The molecule has 3 aromatic rings. The maximum Gasteiger partial charge on any atom is 0.191 e.